The minimum atomic E-state index is -0.465. The van der Waals surface area contributed by atoms with Crippen molar-refractivity contribution in [3.05, 3.63) is 27.7 Å². The molecule has 1 atom stereocenters. The van der Waals surface area contributed by atoms with Gasteiger partial charge in [0, 0.05) is 28.6 Å². The first-order valence-corrected chi connectivity index (χ1v) is 8.61. The lowest BCUT2D eigenvalue weighted by Gasteiger charge is -2.35. The third kappa shape index (κ3) is 5.06. The van der Waals surface area contributed by atoms with Gasteiger partial charge in [0.25, 0.3) is 0 Å². The van der Waals surface area contributed by atoms with Crippen molar-refractivity contribution >= 4 is 39.3 Å². The molecule has 6 heteroatoms. The highest BCUT2D eigenvalue weighted by molar-refractivity contribution is 9.10. The molecule has 1 amide bonds. The third-order valence-electron chi connectivity index (χ3n) is 3.36. The largest absolute Gasteiger partial charge is 0.444 e. The molecule has 0 saturated carbocycles. The van der Waals surface area contributed by atoms with Crippen LogP contribution >= 0.6 is 27.5 Å². The van der Waals surface area contributed by atoms with E-state index in [0.29, 0.717) is 11.6 Å². The molecular formula is C16H22BrClN2O2. The van der Waals surface area contributed by atoms with Crippen molar-refractivity contribution in [2.75, 3.05) is 18.4 Å². The quantitative estimate of drug-likeness (QED) is 0.781. The van der Waals surface area contributed by atoms with E-state index in [4.69, 9.17) is 16.3 Å². The van der Waals surface area contributed by atoms with E-state index in [1.807, 2.05) is 39.0 Å². The Hall–Kier alpha value is -0.940. The Balaban J connectivity index is 1.98. The molecule has 1 aliphatic rings. The summed E-state index contributed by atoms with van der Waals surface area (Å²) in [5.74, 6) is 0. The maximum absolute atomic E-state index is 12.2. The van der Waals surface area contributed by atoms with Crippen LogP contribution in [0.3, 0.4) is 0 Å². The van der Waals surface area contributed by atoms with Crippen molar-refractivity contribution in [1.82, 2.24) is 4.90 Å². The lowest BCUT2D eigenvalue weighted by Crippen LogP contribution is -2.47. The summed E-state index contributed by atoms with van der Waals surface area (Å²) in [7, 11) is 0. The van der Waals surface area contributed by atoms with Gasteiger partial charge in [0.1, 0.15) is 5.60 Å². The van der Waals surface area contributed by atoms with Gasteiger partial charge in [-0.15, -0.1) is 0 Å². The molecule has 1 N–H and O–H groups in total. The summed E-state index contributed by atoms with van der Waals surface area (Å²) in [6.07, 6.45) is 1.72. The molecule has 122 valence electrons. The fourth-order valence-corrected chi connectivity index (χ4v) is 2.95. The SMILES string of the molecule is CC(C)(C)OC(=O)N1CCCC(Nc2cc(Cl)ccc2Br)C1. The van der Waals surface area contributed by atoms with Crippen LogP contribution in [0, 0.1) is 0 Å². The zero-order chi connectivity index (χ0) is 16.3. The van der Waals surface area contributed by atoms with Crippen LogP contribution in [0.25, 0.3) is 0 Å². The lowest BCUT2D eigenvalue weighted by atomic mass is 10.1. The number of halogens is 2. The normalized spacial score (nSPS) is 19.0. The second-order valence-corrected chi connectivity index (χ2v) is 7.82. The Labute approximate surface area is 145 Å². The fourth-order valence-electron chi connectivity index (χ4n) is 2.42. The molecule has 22 heavy (non-hydrogen) atoms. The molecular weight excluding hydrogens is 368 g/mol. The van der Waals surface area contributed by atoms with Crippen molar-refractivity contribution in [3.63, 3.8) is 0 Å². The highest BCUT2D eigenvalue weighted by Crippen LogP contribution is 2.28. The highest BCUT2D eigenvalue weighted by atomic mass is 79.9. The summed E-state index contributed by atoms with van der Waals surface area (Å²) < 4.78 is 6.41. The van der Waals surface area contributed by atoms with Gasteiger partial charge in [-0.05, 0) is 67.7 Å². The minimum Gasteiger partial charge on any atom is -0.444 e. The Morgan fingerprint density at radius 1 is 1.45 bits per heavy atom. The molecule has 1 fully saturated rings. The highest BCUT2D eigenvalue weighted by Gasteiger charge is 2.27. The van der Waals surface area contributed by atoms with E-state index >= 15 is 0 Å². The minimum absolute atomic E-state index is 0.191. The van der Waals surface area contributed by atoms with Gasteiger partial charge in [0.05, 0.1) is 5.69 Å². The van der Waals surface area contributed by atoms with Gasteiger partial charge in [0.2, 0.25) is 0 Å². The summed E-state index contributed by atoms with van der Waals surface area (Å²) in [6.45, 7) is 7.02. The monoisotopic (exact) mass is 388 g/mol. The molecule has 0 radical (unpaired) electrons. The Morgan fingerprint density at radius 2 is 2.18 bits per heavy atom. The van der Waals surface area contributed by atoms with Gasteiger partial charge in [-0.2, -0.15) is 0 Å². The summed E-state index contributed by atoms with van der Waals surface area (Å²) in [5, 5.41) is 4.14. The number of ether oxygens (including phenoxy) is 1. The zero-order valence-electron chi connectivity index (χ0n) is 13.2. The molecule has 4 nitrogen and oxygen atoms in total. The van der Waals surface area contributed by atoms with Crippen LogP contribution in [-0.2, 0) is 4.74 Å². The Kier molecular flexibility index (Phi) is 5.61. The van der Waals surface area contributed by atoms with Crippen LogP contribution in [0.1, 0.15) is 33.6 Å². The van der Waals surface area contributed by atoms with Crippen LogP contribution in [0.5, 0.6) is 0 Å². The summed E-state index contributed by atoms with van der Waals surface area (Å²) in [5.41, 5.74) is 0.483. The molecule has 1 aromatic carbocycles. The van der Waals surface area contributed by atoms with Crippen LogP contribution < -0.4 is 5.32 Å². The number of hydrogen-bond acceptors (Lipinski definition) is 3. The molecule has 0 bridgehead atoms. The average molecular weight is 390 g/mol. The average Bonchev–Trinajstić information content (AvgIpc) is 2.41. The second-order valence-electron chi connectivity index (χ2n) is 6.53. The number of nitrogens with zero attached hydrogens (tertiary/aromatic N) is 1. The van der Waals surface area contributed by atoms with Crippen molar-refractivity contribution in [1.29, 1.82) is 0 Å². The predicted octanol–water partition coefficient (Wildman–Crippen LogP) is 4.91. The van der Waals surface area contributed by atoms with E-state index < -0.39 is 5.60 Å². The predicted molar refractivity (Wildman–Crippen MR) is 93.6 cm³/mol. The number of benzene rings is 1. The van der Waals surface area contributed by atoms with E-state index in [2.05, 4.69) is 21.2 Å². The number of rotatable bonds is 2. The number of amides is 1. The second kappa shape index (κ2) is 7.09. The van der Waals surface area contributed by atoms with Crippen molar-refractivity contribution < 1.29 is 9.53 Å². The van der Waals surface area contributed by atoms with Gasteiger partial charge in [-0.25, -0.2) is 4.79 Å². The fraction of sp³-hybridized carbons (Fsp3) is 0.562. The van der Waals surface area contributed by atoms with Crippen molar-refractivity contribution in [3.8, 4) is 0 Å². The lowest BCUT2D eigenvalue weighted by molar-refractivity contribution is 0.0206. The van der Waals surface area contributed by atoms with Gasteiger partial charge >= 0.3 is 6.09 Å². The Bertz CT molecular complexity index is 545. The van der Waals surface area contributed by atoms with Gasteiger partial charge in [0.15, 0.2) is 0 Å². The van der Waals surface area contributed by atoms with Gasteiger partial charge in [-0.1, -0.05) is 11.6 Å². The number of nitrogens with one attached hydrogen (secondary N) is 1. The van der Waals surface area contributed by atoms with E-state index in [0.717, 1.165) is 29.5 Å². The first-order valence-electron chi connectivity index (χ1n) is 7.44. The number of anilines is 1. The summed E-state index contributed by atoms with van der Waals surface area (Å²) >= 11 is 9.56. The molecule has 1 heterocycles. The van der Waals surface area contributed by atoms with Crippen molar-refractivity contribution in [2.45, 2.75) is 45.3 Å². The molecule has 1 aliphatic heterocycles. The topological polar surface area (TPSA) is 41.6 Å². The smallest absolute Gasteiger partial charge is 0.410 e. The van der Waals surface area contributed by atoms with E-state index in [1.54, 1.807) is 4.90 Å². The maximum Gasteiger partial charge on any atom is 0.410 e. The molecule has 1 saturated heterocycles. The third-order valence-corrected chi connectivity index (χ3v) is 4.29. The number of hydrogen-bond donors (Lipinski definition) is 1. The van der Waals surface area contributed by atoms with Crippen LogP contribution in [0.4, 0.5) is 10.5 Å². The number of carbonyl (C=O) groups is 1. The zero-order valence-corrected chi connectivity index (χ0v) is 15.5. The Morgan fingerprint density at radius 3 is 2.86 bits per heavy atom. The van der Waals surface area contributed by atoms with Crippen LogP contribution in [0.2, 0.25) is 5.02 Å². The van der Waals surface area contributed by atoms with E-state index in [-0.39, 0.29) is 12.1 Å². The molecule has 1 aromatic rings. The van der Waals surface area contributed by atoms with E-state index in [1.165, 1.54) is 0 Å². The first kappa shape index (κ1) is 17.4. The van der Waals surface area contributed by atoms with Crippen LogP contribution in [0.15, 0.2) is 22.7 Å². The van der Waals surface area contributed by atoms with Gasteiger partial charge in [-0.3, -0.25) is 0 Å². The summed E-state index contributed by atoms with van der Waals surface area (Å²) in [6, 6.07) is 5.83. The standard InChI is InChI=1S/C16H22BrClN2O2/c1-16(2,3)22-15(21)20-8-4-5-12(10-20)19-14-9-11(18)6-7-13(14)17/h6-7,9,12,19H,4-5,8,10H2,1-3H3. The first-order chi connectivity index (χ1) is 10.2. The maximum atomic E-state index is 12.2. The number of carbonyl (C=O) groups excluding carboxylic acids is 1. The summed E-state index contributed by atoms with van der Waals surface area (Å²) in [4.78, 5) is 13.9. The van der Waals surface area contributed by atoms with Crippen molar-refractivity contribution in [2.24, 2.45) is 0 Å². The molecule has 1 unspecified atom stereocenters. The molecule has 0 aliphatic carbocycles. The molecule has 0 spiro atoms. The van der Waals surface area contributed by atoms with Crippen LogP contribution in [-0.4, -0.2) is 35.7 Å². The number of piperidine rings is 1. The van der Waals surface area contributed by atoms with Gasteiger partial charge < -0.3 is 15.0 Å². The molecule has 0 aromatic heterocycles. The number of likely N-dealkylation sites (tertiary alicyclic amines) is 1. The van der Waals surface area contributed by atoms with E-state index in [9.17, 15) is 4.79 Å². The molecule has 2 rings (SSSR count).